The van der Waals surface area contributed by atoms with Gasteiger partial charge in [-0.25, -0.2) is 4.98 Å². The molecule has 2 rings (SSSR count). The SMILES string of the molecule is CCCNCc1cn(Cc2ccc(Br)cc2Cl)cn1. The van der Waals surface area contributed by atoms with Crippen molar-refractivity contribution in [2.24, 2.45) is 0 Å². The van der Waals surface area contributed by atoms with Gasteiger partial charge in [0, 0.05) is 28.8 Å². The topological polar surface area (TPSA) is 29.9 Å². The molecule has 0 amide bonds. The summed E-state index contributed by atoms with van der Waals surface area (Å²) >= 11 is 9.62. The monoisotopic (exact) mass is 341 g/mol. The fourth-order valence-electron chi connectivity index (χ4n) is 1.82. The average molecular weight is 343 g/mol. The van der Waals surface area contributed by atoms with Crippen molar-refractivity contribution >= 4 is 27.5 Å². The minimum Gasteiger partial charge on any atom is -0.333 e. The van der Waals surface area contributed by atoms with Crippen molar-refractivity contribution in [2.75, 3.05) is 6.54 Å². The van der Waals surface area contributed by atoms with Gasteiger partial charge in [-0.05, 0) is 30.7 Å². The number of aromatic nitrogens is 2. The van der Waals surface area contributed by atoms with Gasteiger partial charge < -0.3 is 9.88 Å². The van der Waals surface area contributed by atoms with E-state index in [1.54, 1.807) is 0 Å². The zero-order chi connectivity index (χ0) is 13.7. The molecule has 19 heavy (non-hydrogen) atoms. The molecule has 1 N–H and O–H groups in total. The van der Waals surface area contributed by atoms with Gasteiger partial charge in [-0.3, -0.25) is 0 Å². The van der Waals surface area contributed by atoms with Crippen molar-refractivity contribution in [3.63, 3.8) is 0 Å². The molecule has 3 nitrogen and oxygen atoms in total. The third kappa shape index (κ3) is 4.34. The lowest BCUT2D eigenvalue weighted by atomic mass is 10.2. The molecule has 0 aliphatic heterocycles. The highest BCUT2D eigenvalue weighted by molar-refractivity contribution is 9.10. The molecule has 1 aromatic heterocycles. The van der Waals surface area contributed by atoms with Crippen molar-refractivity contribution in [3.8, 4) is 0 Å². The summed E-state index contributed by atoms with van der Waals surface area (Å²) in [4.78, 5) is 4.38. The molecular formula is C14H17BrClN3. The number of nitrogens with zero attached hydrogens (tertiary/aromatic N) is 2. The second-order valence-corrected chi connectivity index (χ2v) is 5.77. The van der Waals surface area contributed by atoms with E-state index in [-0.39, 0.29) is 0 Å². The highest BCUT2D eigenvalue weighted by Crippen LogP contribution is 2.22. The highest BCUT2D eigenvalue weighted by Gasteiger charge is 2.03. The summed E-state index contributed by atoms with van der Waals surface area (Å²) in [6, 6.07) is 5.95. The van der Waals surface area contributed by atoms with E-state index >= 15 is 0 Å². The first-order valence-corrected chi connectivity index (χ1v) is 7.51. The first-order chi connectivity index (χ1) is 9.19. The first kappa shape index (κ1) is 14.6. The molecule has 2 aromatic rings. The van der Waals surface area contributed by atoms with Crippen molar-refractivity contribution in [2.45, 2.75) is 26.4 Å². The van der Waals surface area contributed by atoms with Crippen LogP contribution in [0.5, 0.6) is 0 Å². The molecule has 0 saturated heterocycles. The first-order valence-electron chi connectivity index (χ1n) is 6.34. The molecule has 0 radical (unpaired) electrons. The third-order valence-corrected chi connectivity index (χ3v) is 3.63. The van der Waals surface area contributed by atoms with Crippen LogP contribution < -0.4 is 5.32 Å². The number of rotatable bonds is 6. The average Bonchev–Trinajstić information content (AvgIpc) is 2.81. The van der Waals surface area contributed by atoms with Crippen molar-refractivity contribution in [3.05, 3.63) is 51.5 Å². The van der Waals surface area contributed by atoms with Gasteiger partial charge in [-0.1, -0.05) is 40.5 Å². The maximum absolute atomic E-state index is 6.21. The Morgan fingerprint density at radius 2 is 2.26 bits per heavy atom. The van der Waals surface area contributed by atoms with Crippen LogP contribution in [0.4, 0.5) is 0 Å². The van der Waals surface area contributed by atoms with Gasteiger partial charge in [0.25, 0.3) is 0 Å². The number of nitrogens with one attached hydrogen (secondary N) is 1. The Bertz CT molecular complexity index is 539. The Balaban J connectivity index is 1.99. The molecule has 0 unspecified atom stereocenters. The van der Waals surface area contributed by atoms with E-state index in [0.717, 1.165) is 46.8 Å². The highest BCUT2D eigenvalue weighted by atomic mass is 79.9. The molecule has 0 spiro atoms. The molecule has 0 aliphatic rings. The minimum atomic E-state index is 0.743. The zero-order valence-corrected chi connectivity index (χ0v) is 13.2. The number of halogens is 2. The predicted molar refractivity (Wildman–Crippen MR) is 82.5 cm³/mol. The molecule has 0 aliphatic carbocycles. The number of hydrogen-bond donors (Lipinski definition) is 1. The summed E-state index contributed by atoms with van der Waals surface area (Å²) in [7, 11) is 0. The predicted octanol–water partition coefficient (Wildman–Crippen LogP) is 3.85. The van der Waals surface area contributed by atoms with Crippen LogP contribution in [0.3, 0.4) is 0 Å². The summed E-state index contributed by atoms with van der Waals surface area (Å²) in [5.41, 5.74) is 2.15. The third-order valence-electron chi connectivity index (χ3n) is 2.79. The van der Waals surface area contributed by atoms with Gasteiger partial charge in [0.1, 0.15) is 0 Å². The number of imidazole rings is 1. The maximum Gasteiger partial charge on any atom is 0.0953 e. The summed E-state index contributed by atoms with van der Waals surface area (Å²) in [5, 5.41) is 4.11. The molecule has 0 fully saturated rings. The standard InChI is InChI=1S/C14H17BrClN3/c1-2-5-17-7-13-9-19(10-18-13)8-11-3-4-12(15)6-14(11)16/h3-4,6,9-10,17H,2,5,7-8H2,1H3. The van der Waals surface area contributed by atoms with Crippen LogP contribution in [0.1, 0.15) is 24.6 Å². The molecule has 1 aromatic carbocycles. The number of benzene rings is 1. The fourth-order valence-corrected chi connectivity index (χ4v) is 2.56. The molecule has 0 bridgehead atoms. The molecule has 0 saturated carbocycles. The molecule has 5 heteroatoms. The van der Waals surface area contributed by atoms with E-state index in [0.29, 0.717) is 0 Å². The van der Waals surface area contributed by atoms with E-state index in [4.69, 9.17) is 11.6 Å². The molecule has 102 valence electrons. The van der Waals surface area contributed by atoms with Gasteiger partial charge in [0.05, 0.1) is 12.0 Å². The van der Waals surface area contributed by atoms with Gasteiger partial charge in [-0.2, -0.15) is 0 Å². The van der Waals surface area contributed by atoms with Crippen molar-refractivity contribution < 1.29 is 0 Å². The van der Waals surface area contributed by atoms with E-state index < -0.39 is 0 Å². The lowest BCUT2D eigenvalue weighted by molar-refractivity contribution is 0.665. The van der Waals surface area contributed by atoms with Gasteiger partial charge in [0.15, 0.2) is 0 Å². The van der Waals surface area contributed by atoms with Crippen LogP contribution in [-0.4, -0.2) is 16.1 Å². The molecule has 0 atom stereocenters. The number of hydrogen-bond acceptors (Lipinski definition) is 2. The quantitative estimate of drug-likeness (QED) is 0.808. The van der Waals surface area contributed by atoms with Gasteiger partial charge >= 0.3 is 0 Å². The van der Waals surface area contributed by atoms with Crippen LogP contribution in [0.2, 0.25) is 5.02 Å². The van der Waals surface area contributed by atoms with Crippen LogP contribution >= 0.6 is 27.5 Å². The Hall–Kier alpha value is -0.840. The van der Waals surface area contributed by atoms with Gasteiger partial charge in [0.2, 0.25) is 0 Å². The smallest absolute Gasteiger partial charge is 0.0953 e. The normalized spacial score (nSPS) is 10.9. The lowest BCUT2D eigenvalue weighted by Gasteiger charge is -2.05. The van der Waals surface area contributed by atoms with E-state index in [9.17, 15) is 0 Å². The second kappa shape index (κ2) is 7.08. The summed E-state index contributed by atoms with van der Waals surface area (Å²) in [5.74, 6) is 0. The van der Waals surface area contributed by atoms with E-state index in [1.807, 2.05) is 24.5 Å². The molecule has 1 heterocycles. The van der Waals surface area contributed by atoms with E-state index in [1.165, 1.54) is 0 Å². The van der Waals surface area contributed by atoms with Crippen LogP contribution in [0, 0.1) is 0 Å². The van der Waals surface area contributed by atoms with E-state index in [2.05, 4.69) is 43.9 Å². The Morgan fingerprint density at radius 3 is 3.00 bits per heavy atom. The minimum absolute atomic E-state index is 0.743. The van der Waals surface area contributed by atoms with Crippen molar-refractivity contribution in [1.29, 1.82) is 0 Å². The summed E-state index contributed by atoms with van der Waals surface area (Å²) in [6.45, 7) is 4.73. The maximum atomic E-state index is 6.21. The lowest BCUT2D eigenvalue weighted by Crippen LogP contribution is -2.13. The zero-order valence-electron chi connectivity index (χ0n) is 10.9. The second-order valence-electron chi connectivity index (χ2n) is 4.45. The largest absolute Gasteiger partial charge is 0.333 e. The van der Waals surface area contributed by atoms with Crippen LogP contribution in [0.25, 0.3) is 0 Å². The van der Waals surface area contributed by atoms with Crippen molar-refractivity contribution in [1.82, 2.24) is 14.9 Å². The van der Waals surface area contributed by atoms with Crippen LogP contribution in [0.15, 0.2) is 35.2 Å². The Kier molecular flexibility index (Phi) is 5.43. The molecular weight excluding hydrogens is 326 g/mol. The Labute approximate surface area is 127 Å². The van der Waals surface area contributed by atoms with Crippen LogP contribution in [-0.2, 0) is 13.1 Å². The summed E-state index contributed by atoms with van der Waals surface area (Å²) in [6.07, 6.45) is 5.04. The summed E-state index contributed by atoms with van der Waals surface area (Å²) < 4.78 is 3.05. The Morgan fingerprint density at radius 1 is 1.42 bits per heavy atom. The fraction of sp³-hybridized carbons (Fsp3) is 0.357. The van der Waals surface area contributed by atoms with Gasteiger partial charge in [-0.15, -0.1) is 0 Å².